The van der Waals surface area contributed by atoms with Gasteiger partial charge >= 0.3 is 0 Å². The molecule has 5 saturated carbocycles. The largest absolute Gasteiger partial charge is 0.412 e. The summed E-state index contributed by atoms with van der Waals surface area (Å²) in [6, 6.07) is 4.54. The smallest absolute Gasteiger partial charge is 0.231 e. The number of rotatable bonds is 7. The standard InChI is InChI=1S/C35H52N4O.H2O/c1-26(2)39-24-29(23-37-39)28-12-21-36-31(22-28)38(32(40)27-8-6-5-7-9-27)25-34-15-18-35(19-16-34,20-17-34)30-10-13-33(3,4)14-11-30;/h12,21-24,26-27,30H,5-11,13-20,25H2,1-4H3;1H2. The summed E-state index contributed by atoms with van der Waals surface area (Å²) < 4.78 is 2.00. The van der Waals surface area contributed by atoms with Crippen LogP contribution in [0.3, 0.4) is 0 Å². The molecule has 2 bridgehead atoms. The van der Waals surface area contributed by atoms with E-state index in [0.717, 1.165) is 42.2 Å². The molecule has 2 aromatic rings. The molecule has 0 radical (unpaired) electrons. The van der Waals surface area contributed by atoms with Crippen molar-refractivity contribution in [1.82, 2.24) is 14.8 Å². The monoisotopic (exact) mass is 562 g/mol. The Morgan fingerprint density at radius 2 is 1.61 bits per heavy atom. The van der Waals surface area contributed by atoms with Crippen molar-refractivity contribution in [2.75, 3.05) is 11.4 Å². The van der Waals surface area contributed by atoms with Crippen LogP contribution in [0.5, 0.6) is 0 Å². The predicted octanol–water partition coefficient (Wildman–Crippen LogP) is 8.17. The van der Waals surface area contributed by atoms with Gasteiger partial charge in [0.05, 0.1) is 6.20 Å². The minimum absolute atomic E-state index is 0. The Balaban J connectivity index is 0.00000337. The highest BCUT2D eigenvalue weighted by molar-refractivity contribution is 5.94. The van der Waals surface area contributed by atoms with E-state index in [0.29, 0.717) is 22.8 Å². The van der Waals surface area contributed by atoms with Gasteiger partial charge in [-0.15, -0.1) is 0 Å². The fourth-order valence-corrected chi connectivity index (χ4v) is 8.85. The van der Waals surface area contributed by atoms with E-state index in [1.165, 1.54) is 83.5 Å². The van der Waals surface area contributed by atoms with E-state index < -0.39 is 0 Å². The summed E-state index contributed by atoms with van der Waals surface area (Å²) in [5.41, 5.74) is 3.56. The Morgan fingerprint density at radius 1 is 0.951 bits per heavy atom. The highest BCUT2D eigenvalue weighted by Gasteiger charge is 2.53. The third kappa shape index (κ3) is 6.14. The van der Waals surface area contributed by atoms with Crippen LogP contribution in [-0.2, 0) is 4.79 Å². The Morgan fingerprint density at radius 3 is 2.22 bits per heavy atom. The summed E-state index contributed by atoms with van der Waals surface area (Å²) in [7, 11) is 0. The second-order valence-electron chi connectivity index (χ2n) is 15.3. The SMILES string of the molecule is CC(C)n1cc(-c2ccnc(N(CC34CCC(C5CCC(C)(C)CC5)(CC3)CC4)C(=O)C3CCCCC3)c2)cn1.O. The fourth-order valence-electron chi connectivity index (χ4n) is 8.85. The lowest BCUT2D eigenvalue weighted by atomic mass is 9.48. The quantitative estimate of drug-likeness (QED) is 0.341. The van der Waals surface area contributed by atoms with Crippen LogP contribution in [0.1, 0.15) is 130 Å². The molecule has 2 aromatic heterocycles. The number of hydrogen-bond donors (Lipinski definition) is 0. The molecule has 0 unspecified atom stereocenters. The van der Waals surface area contributed by atoms with Gasteiger partial charge in [0, 0.05) is 36.5 Å². The van der Waals surface area contributed by atoms with Gasteiger partial charge in [-0.25, -0.2) is 4.98 Å². The van der Waals surface area contributed by atoms with Gasteiger partial charge in [0.25, 0.3) is 0 Å². The van der Waals surface area contributed by atoms with E-state index in [1.54, 1.807) is 0 Å². The maximum atomic E-state index is 14.2. The van der Waals surface area contributed by atoms with Crippen molar-refractivity contribution in [2.45, 2.75) is 130 Å². The molecule has 5 fully saturated rings. The van der Waals surface area contributed by atoms with E-state index in [1.807, 2.05) is 17.1 Å². The molecule has 5 aliphatic rings. The van der Waals surface area contributed by atoms with E-state index >= 15 is 0 Å². The molecule has 7 rings (SSSR count). The topological polar surface area (TPSA) is 82.5 Å². The third-order valence-corrected chi connectivity index (χ3v) is 11.9. The Hall–Kier alpha value is -2.21. The Bertz CT molecular complexity index is 1160. The number of nitrogens with zero attached hydrogens (tertiary/aromatic N) is 4. The summed E-state index contributed by atoms with van der Waals surface area (Å²) in [5, 5.41) is 4.57. The molecule has 0 spiro atoms. The van der Waals surface area contributed by atoms with E-state index in [4.69, 9.17) is 4.98 Å². The summed E-state index contributed by atoms with van der Waals surface area (Å²) in [4.78, 5) is 21.2. The first-order valence-corrected chi connectivity index (χ1v) is 16.5. The Labute approximate surface area is 248 Å². The molecule has 6 heteroatoms. The molecule has 6 nitrogen and oxygen atoms in total. The summed E-state index contributed by atoms with van der Waals surface area (Å²) >= 11 is 0. The minimum Gasteiger partial charge on any atom is -0.412 e. The highest BCUT2D eigenvalue weighted by atomic mass is 16.2. The molecular weight excluding hydrogens is 508 g/mol. The van der Waals surface area contributed by atoms with Gasteiger partial charge in [0.2, 0.25) is 5.91 Å². The number of fused-ring (bicyclic) bond motifs is 3. The molecule has 0 saturated heterocycles. The van der Waals surface area contributed by atoms with Crippen molar-refractivity contribution in [3.63, 3.8) is 0 Å². The van der Waals surface area contributed by atoms with Gasteiger partial charge in [0.1, 0.15) is 5.82 Å². The van der Waals surface area contributed by atoms with Gasteiger partial charge in [-0.05, 0) is 131 Å². The van der Waals surface area contributed by atoms with E-state index in [2.05, 4.69) is 56.0 Å². The fraction of sp³-hybridized carbons (Fsp3) is 0.743. The summed E-state index contributed by atoms with van der Waals surface area (Å²) in [5.74, 6) is 2.24. The van der Waals surface area contributed by atoms with E-state index in [-0.39, 0.29) is 16.8 Å². The molecule has 5 aliphatic carbocycles. The lowest BCUT2D eigenvalue weighted by Crippen LogP contribution is -2.52. The number of amides is 1. The summed E-state index contributed by atoms with van der Waals surface area (Å²) in [6.07, 6.45) is 25.2. The van der Waals surface area contributed by atoms with Crippen LogP contribution < -0.4 is 4.90 Å². The van der Waals surface area contributed by atoms with Crippen LogP contribution in [0.25, 0.3) is 11.1 Å². The average Bonchev–Trinajstić information content (AvgIpc) is 3.48. The maximum absolute atomic E-state index is 14.2. The zero-order valence-electron chi connectivity index (χ0n) is 26.1. The van der Waals surface area contributed by atoms with Gasteiger partial charge < -0.3 is 5.48 Å². The highest BCUT2D eigenvalue weighted by Crippen LogP contribution is 2.63. The van der Waals surface area contributed by atoms with Crippen LogP contribution in [0.15, 0.2) is 30.7 Å². The zero-order valence-corrected chi connectivity index (χ0v) is 26.1. The van der Waals surface area contributed by atoms with Crippen molar-refractivity contribution in [2.24, 2.45) is 28.1 Å². The Kier molecular flexibility index (Phi) is 8.72. The van der Waals surface area contributed by atoms with Crippen LogP contribution in [0.2, 0.25) is 0 Å². The first kappa shape index (κ1) is 30.3. The van der Waals surface area contributed by atoms with Crippen LogP contribution in [-0.4, -0.2) is 32.7 Å². The number of hydrogen-bond acceptors (Lipinski definition) is 3. The second kappa shape index (κ2) is 11.8. The molecule has 0 aromatic carbocycles. The van der Waals surface area contributed by atoms with Crippen LogP contribution >= 0.6 is 0 Å². The lowest BCUT2D eigenvalue weighted by molar-refractivity contribution is -0.124. The molecule has 2 heterocycles. The number of carbonyl (C=O) groups is 1. The number of carbonyl (C=O) groups excluding carboxylic acids is 1. The number of anilines is 1. The van der Waals surface area contributed by atoms with Crippen molar-refractivity contribution in [1.29, 1.82) is 0 Å². The van der Waals surface area contributed by atoms with Gasteiger partial charge in [-0.1, -0.05) is 33.1 Å². The van der Waals surface area contributed by atoms with Crippen molar-refractivity contribution in [3.8, 4) is 11.1 Å². The van der Waals surface area contributed by atoms with E-state index in [9.17, 15) is 4.79 Å². The van der Waals surface area contributed by atoms with Crippen LogP contribution in [0.4, 0.5) is 5.82 Å². The normalized spacial score (nSPS) is 28.4. The maximum Gasteiger partial charge on any atom is 0.231 e. The van der Waals surface area contributed by atoms with Crippen LogP contribution in [0, 0.1) is 28.1 Å². The van der Waals surface area contributed by atoms with Crippen molar-refractivity contribution >= 4 is 11.7 Å². The zero-order chi connectivity index (χ0) is 28.0. The third-order valence-electron chi connectivity index (χ3n) is 11.9. The molecule has 2 N–H and O–H groups in total. The molecule has 226 valence electrons. The molecule has 1 amide bonds. The van der Waals surface area contributed by atoms with Gasteiger partial charge in [0.15, 0.2) is 0 Å². The summed E-state index contributed by atoms with van der Waals surface area (Å²) in [6.45, 7) is 10.1. The molecular formula is C35H54N4O2. The lowest BCUT2D eigenvalue weighted by Gasteiger charge is -2.58. The van der Waals surface area contributed by atoms with Gasteiger partial charge in [-0.3, -0.25) is 14.4 Å². The molecule has 41 heavy (non-hydrogen) atoms. The second-order valence-corrected chi connectivity index (χ2v) is 15.3. The number of pyridine rings is 1. The minimum atomic E-state index is 0. The average molecular weight is 563 g/mol. The first-order valence-electron chi connectivity index (χ1n) is 16.5. The van der Waals surface area contributed by atoms with Gasteiger partial charge in [-0.2, -0.15) is 5.10 Å². The van der Waals surface area contributed by atoms with Crippen molar-refractivity contribution in [3.05, 3.63) is 30.7 Å². The predicted molar refractivity (Wildman–Crippen MR) is 167 cm³/mol. The molecule has 0 atom stereocenters. The van der Waals surface area contributed by atoms with Crippen molar-refractivity contribution < 1.29 is 10.3 Å². The first-order chi connectivity index (χ1) is 19.2. The molecule has 0 aliphatic heterocycles. The number of aromatic nitrogens is 3.